The van der Waals surface area contributed by atoms with Crippen molar-refractivity contribution < 1.29 is 19.0 Å². The van der Waals surface area contributed by atoms with Gasteiger partial charge in [0.05, 0.1) is 13.2 Å². The number of rotatable bonds is 7. The fraction of sp³-hybridized carbons (Fsp3) is 1.00. The average Bonchev–Trinajstić information content (AvgIpc) is 2.55. The molecule has 1 saturated carbocycles. The van der Waals surface area contributed by atoms with E-state index in [1.54, 1.807) is 4.90 Å². The van der Waals surface area contributed by atoms with Crippen LogP contribution in [0.4, 0.5) is 8.78 Å². The molecule has 0 heterocycles. The topological polar surface area (TPSA) is 43.7 Å². The lowest BCUT2D eigenvalue weighted by atomic mass is 9.80. The molecule has 0 aromatic carbocycles. The van der Waals surface area contributed by atoms with Crippen molar-refractivity contribution in [2.75, 3.05) is 32.8 Å². The van der Waals surface area contributed by atoms with Crippen LogP contribution >= 0.6 is 0 Å². The molecule has 0 aliphatic heterocycles. The number of hydrogen-bond acceptors (Lipinski definition) is 3. The Balaban J connectivity index is 2.60. The summed E-state index contributed by atoms with van der Waals surface area (Å²) in [6.45, 7) is 0.342. The van der Waals surface area contributed by atoms with Crippen LogP contribution in [0.1, 0.15) is 38.5 Å². The lowest BCUT2D eigenvalue weighted by Crippen LogP contribution is -2.43. The van der Waals surface area contributed by atoms with Crippen molar-refractivity contribution in [1.29, 1.82) is 0 Å². The summed E-state index contributed by atoms with van der Waals surface area (Å²) in [6, 6.07) is 0. The van der Waals surface area contributed by atoms with Gasteiger partial charge in [0.2, 0.25) is 0 Å². The van der Waals surface area contributed by atoms with E-state index < -0.39 is 6.43 Å². The third-order valence-corrected chi connectivity index (χ3v) is 3.87. The van der Waals surface area contributed by atoms with E-state index in [-0.39, 0.29) is 31.7 Å². The van der Waals surface area contributed by atoms with Gasteiger partial charge in [0.25, 0.3) is 6.43 Å². The quantitative estimate of drug-likeness (QED) is 0.691. The largest absolute Gasteiger partial charge is 0.396 e. The molecule has 0 unspecified atom stereocenters. The first-order valence-electron chi connectivity index (χ1n) is 6.84. The van der Waals surface area contributed by atoms with E-state index in [4.69, 9.17) is 5.11 Å². The van der Waals surface area contributed by atoms with Gasteiger partial charge in [-0.1, -0.05) is 25.7 Å². The van der Waals surface area contributed by atoms with Gasteiger partial charge in [0.1, 0.15) is 0 Å². The number of alkyl halides is 2. The van der Waals surface area contributed by atoms with Gasteiger partial charge in [-0.2, -0.15) is 0 Å². The molecule has 0 aromatic rings. The van der Waals surface area contributed by atoms with Crippen molar-refractivity contribution in [2.24, 2.45) is 5.41 Å². The van der Waals surface area contributed by atoms with Crippen molar-refractivity contribution in [1.82, 2.24) is 4.90 Å². The summed E-state index contributed by atoms with van der Waals surface area (Å²) in [6.07, 6.45) is 3.85. The maximum absolute atomic E-state index is 12.5. The molecule has 2 N–H and O–H groups in total. The van der Waals surface area contributed by atoms with Crippen molar-refractivity contribution in [3.63, 3.8) is 0 Å². The summed E-state index contributed by atoms with van der Waals surface area (Å²) in [7, 11) is 0. The highest BCUT2D eigenvalue weighted by Crippen LogP contribution is 2.35. The molecule has 0 atom stereocenters. The maximum Gasteiger partial charge on any atom is 0.251 e. The summed E-state index contributed by atoms with van der Waals surface area (Å²) in [5.41, 5.74) is -0.249. The average molecular weight is 265 g/mol. The maximum atomic E-state index is 12.5. The second-order valence-corrected chi connectivity index (χ2v) is 5.42. The van der Waals surface area contributed by atoms with E-state index in [9.17, 15) is 13.9 Å². The zero-order chi connectivity index (χ0) is 13.4. The molecule has 1 aliphatic carbocycles. The fourth-order valence-electron chi connectivity index (χ4n) is 2.89. The molecule has 0 aromatic heterocycles. The molecular weight excluding hydrogens is 240 g/mol. The van der Waals surface area contributed by atoms with Gasteiger partial charge in [-0.15, -0.1) is 0 Å². The highest BCUT2D eigenvalue weighted by molar-refractivity contribution is 4.84. The van der Waals surface area contributed by atoms with Crippen LogP contribution in [-0.2, 0) is 0 Å². The molecule has 0 radical (unpaired) electrons. The smallest absolute Gasteiger partial charge is 0.251 e. The predicted octanol–water partition coefficient (Wildman–Crippen LogP) is 1.88. The lowest BCUT2D eigenvalue weighted by Gasteiger charge is -2.36. The molecule has 5 heteroatoms. The fourth-order valence-corrected chi connectivity index (χ4v) is 2.89. The third-order valence-electron chi connectivity index (χ3n) is 3.87. The van der Waals surface area contributed by atoms with Crippen LogP contribution in [0.2, 0.25) is 0 Å². The van der Waals surface area contributed by atoms with Crippen LogP contribution in [0.5, 0.6) is 0 Å². The van der Waals surface area contributed by atoms with Gasteiger partial charge in [-0.25, -0.2) is 8.78 Å². The molecule has 1 aliphatic rings. The Morgan fingerprint density at radius 1 is 1.06 bits per heavy atom. The normalized spacial score (nSPS) is 20.3. The highest BCUT2D eigenvalue weighted by Gasteiger charge is 2.32. The number of hydrogen-bond donors (Lipinski definition) is 2. The zero-order valence-electron chi connectivity index (χ0n) is 11.0. The Hall–Kier alpha value is -0.260. The van der Waals surface area contributed by atoms with Gasteiger partial charge in [-0.05, 0) is 12.8 Å². The number of aliphatic hydroxyl groups excluding tert-OH is 2. The molecule has 18 heavy (non-hydrogen) atoms. The summed E-state index contributed by atoms with van der Waals surface area (Å²) in [5, 5.41) is 18.6. The lowest BCUT2D eigenvalue weighted by molar-refractivity contribution is 0.0202. The van der Waals surface area contributed by atoms with Crippen LogP contribution in [0.3, 0.4) is 0 Å². The molecule has 3 nitrogen and oxygen atoms in total. The SMILES string of the molecule is OCCN(CC(F)F)CC1(CO)CCCCCC1. The molecule has 0 saturated heterocycles. The van der Waals surface area contributed by atoms with E-state index in [0.29, 0.717) is 6.54 Å². The van der Waals surface area contributed by atoms with Crippen LogP contribution in [-0.4, -0.2) is 54.4 Å². The minimum atomic E-state index is -2.39. The molecule has 108 valence electrons. The second kappa shape index (κ2) is 8.02. The summed E-state index contributed by atoms with van der Waals surface area (Å²) in [4.78, 5) is 1.59. The van der Waals surface area contributed by atoms with Gasteiger partial charge < -0.3 is 10.2 Å². The van der Waals surface area contributed by atoms with Crippen molar-refractivity contribution in [3.05, 3.63) is 0 Å². The van der Waals surface area contributed by atoms with Gasteiger partial charge in [-0.3, -0.25) is 4.90 Å². The molecule has 1 fully saturated rings. The first kappa shape index (κ1) is 15.8. The van der Waals surface area contributed by atoms with Crippen LogP contribution in [0, 0.1) is 5.41 Å². The van der Waals surface area contributed by atoms with Crippen molar-refractivity contribution >= 4 is 0 Å². The first-order chi connectivity index (χ1) is 8.62. The third kappa shape index (κ3) is 5.16. The minimum absolute atomic E-state index is 0.0537. The first-order valence-corrected chi connectivity index (χ1v) is 6.84. The Morgan fingerprint density at radius 3 is 2.11 bits per heavy atom. The number of aliphatic hydroxyl groups is 2. The van der Waals surface area contributed by atoms with Gasteiger partial charge in [0, 0.05) is 25.1 Å². The molecule has 0 amide bonds. The van der Waals surface area contributed by atoms with Gasteiger partial charge in [0.15, 0.2) is 0 Å². The zero-order valence-corrected chi connectivity index (χ0v) is 11.0. The monoisotopic (exact) mass is 265 g/mol. The minimum Gasteiger partial charge on any atom is -0.396 e. The van der Waals surface area contributed by atoms with E-state index in [0.717, 1.165) is 38.5 Å². The predicted molar refractivity (Wildman–Crippen MR) is 66.8 cm³/mol. The molecule has 1 rings (SSSR count). The van der Waals surface area contributed by atoms with E-state index >= 15 is 0 Å². The Kier molecular flexibility index (Phi) is 7.04. The summed E-state index contributed by atoms with van der Waals surface area (Å²) >= 11 is 0. The second-order valence-electron chi connectivity index (χ2n) is 5.42. The van der Waals surface area contributed by atoms with Crippen molar-refractivity contribution in [2.45, 2.75) is 45.0 Å². The van der Waals surface area contributed by atoms with E-state index in [1.165, 1.54) is 0 Å². The Bertz CT molecular complexity index is 219. The Morgan fingerprint density at radius 2 is 1.67 bits per heavy atom. The molecule has 0 bridgehead atoms. The summed E-state index contributed by atoms with van der Waals surface area (Å²) in [5.74, 6) is 0. The van der Waals surface area contributed by atoms with Gasteiger partial charge >= 0.3 is 0 Å². The molecular formula is C13H25F2NO2. The van der Waals surface area contributed by atoms with Crippen molar-refractivity contribution in [3.8, 4) is 0 Å². The van der Waals surface area contributed by atoms with Crippen LogP contribution in [0.25, 0.3) is 0 Å². The standard InChI is InChI=1S/C13H25F2NO2/c14-12(15)9-16(7-8-17)10-13(11-18)5-3-1-2-4-6-13/h12,17-18H,1-11H2. The Labute approximate surface area is 108 Å². The number of halogens is 2. The summed E-state index contributed by atoms with van der Waals surface area (Å²) < 4.78 is 25.0. The van der Waals surface area contributed by atoms with Crippen LogP contribution in [0.15, 0.2) is 0 Å². The number of nitrogens with zero attached hydrogens (tertiary/aromatic N) is 1. The van der Waals surface area contributed by atoms with Crippen LogP contribution < -0.4 is 0 Å². The van der Waals surface area contributed by atoms with E-state index in [1.807, 2.05) is 0 Å². The molecule has 0 spiro atoms. The van der Waals surface area contributed by atoms with E-state index in [2.05, 4.69) is 0 Å². The highest BCUT2D eigenvalue weighted by atomic mass is 19.3.